The van der Waals surface area contributed by atoms with Crippen LogP contribution in [-0.4, -0.2) is 22.4 Å². The van der Waals surface area contributed by atoms with Gasteiger partial charge in [-0.3, -0.25) is 4.79 Å². The van der Waals surface area contributed by atoms with Gasteiger partial charge in [-0.15, -0.1) is 11.3 Å². The second-order valence-corrected chi connectivity index (χ2v) is 8.46. The summed E-state index contributed by atoms with van der Waals surface area (Å²) in [5, 5.41) is 5.06. The zero-order valence-corrected chi connectivity index (χ0v) is 16.9. The quantitative estimate of drug-likeness (QED) is 0.451. The van der Waals surface area contributed by atoms with Crippen molar-refractivity contribution in [1.82, 2.24) is 15.3 Å². The molecule has 0 aliphatic carbocycles. The lowest BCUT2D eigenvalue weighted by atomic mass is 10.1. The van der Waals surface area contributed by atoms with E-state index in [0.717, 1.165) is 34.3 Å². The summed E-state index contributed by atoms with van der Waals surface area (Å²) in [6.45, 7) is 4.89. The number of carbonyl (C=O) groups is 1. The average molecular weight is 393 g/mol. The molecule has 3 aromatic heterocycles. The number of amides is 1. The maximum atomic E-state index is 12.7. The highest BCUT2D eigenvalue weighted by atomic mass is 32.1. The molecule has 0 aliphatic heterocycles. The highest BCUT2D eigenvalue weighted by molar-refractivity contribution is 7.21. The minimum atomic E-state index is -0.134. The molecule has 0 fully saturated rings. The van der Waals surface area contributed by atoms with E-state index in [-0.39, 0.29) is 5.91 Å². The molecule has 4 N–H and O–H groups in total. The molecule has 4 aromatic rings. The van der Waals surface area contributed by atoms with Crippen molar-refractivity contribution >= 4 is 44.1 Å². The fourth-order valence-electron chi connectivity index (χ4n) is 3.47. The number of para-hydroxylation sites is 1. The van der Waals surface area contributed by atoms with Crippen LogP contribution in [0.2, 0.25) is 0 Å². The molecule has 1 amide bonds. The highest BCUT2D eigenvalue weighted by Crippen LogP contribution is 2.32. The first-order valence-corrected chi connectivity index (χ1v) is 10.4. The Morgan fingerprint density at radius 2 is 2.04 bits per heavy atom. The number of nitrogens with zero attached hydrogens (tertiary/aromatic N) is 1. The molecule has 0 radical (unpaired) electrons. The summed E-state index contributed by atoms with van der Waals surface area (Å²) in [5.74, 6) is 0.403. The van der Waals surface area contributed by atoms with E-state index in [1.54, 1.807) is 0 Å². The van der Waals surface area contributed by atoms with Crippen molar-refractivity contribution in [3.05, 3.63) is 58.7 Å². The lowest BCUT2D eigenvalue weighted by Gasteiger charge is -2.04. The third-order valence-corrected chi connectivity index (χ3v) is 5.94. The number of carbonyl (C=O) groups excluding carboxylic acids is 1. The number of nitrogen functional groups attached to an aromatic ring is 1. The Morgan fingerprint density at radius 1 is 1.21 bits per heavy atom. The summed E-state index contributed by atoms with van der Waals surface area (Å²) in [6.07, 6.45) is 3.68. The second-order valence-electron chi connectivity index (χ2n) is 7.46. The molecular formula is C22H24N4OS. The van der Waals surface area contributed by atoms with Crippen LogP contribution in [0.5, 0.6) is 0 Å². The molecule has 0 spiro atoms. The number of anilines is 1. The van der Waals surface area contributed by atoms with Crippen molar-refractivity contribution in [2.24, 2.45) is 5.92 Å². The van der Waals surface area contributed by atoms with Crippen LogP contribution in [0.25, 0.3) is 21.1 Å². The van der Waals surface area contributed by atoms with Crippen LogP contribution in [0.3, 0.4) is 0 Å². The van der Waals surface area contributed by atoms with Gasteiger partial charge in [-0.2, -0.15) is 0 Å². The van der Waals surface area contributed by atoms with Crippen molar-refractivity contribution in [1.29, 1.82) is 0 Å². The number of benzene rings is 1. The first-order chi connectivity index (χ1) is 13.5. The van der Waals surface area contributed by atoms with E-state index in [0.29, 0.717) is 23.0 Å². The molecule has 28 heavy (non-hydrogen) atoms. The SMILES string of the molecule is CC(C)Cc1ccc2c(N)c(C(=O)NCCc3c[nH]c4ccccc34)sc2n1. The predicted molar refractivity (Wildman–Crippen MR) is 117 cm³/mol. The van der Waals surface area contributed by atoms with Gasteiger partial charge >= 0.3 is 0 Å². The van der Waals surface area contributed by atoms with Gasteiger partial charge < -0.3 is 16.0 Å². The van der Waals surface area contributed by atoms with Crippen molar-refractivity contribution in [3.8, 4) is 0 Å². The zero-order chi connectivity index (χ0) is 19.7. The van der Waals surface area contributed by atoms with Gasteiger partial charge in [-0.25, -0.2) is 4.98 Å². The van der Waals surface area contributed by atoms with Crippen LogP contribution in [0.15, 0.2) is 42.6 Å². The van der Waals surface area contributed by atoms with Crippen molar-refractivity contribution in [2.45, 2.75) is 26.7 Å². The van der Waals surface area contributed by atoms with Crippen LogP contribution in [-0.2, 0) is 12.8 Å². The summed E-state index contributed by atoms with van der Waals surface area (Å²) < 4.78 is 0. The Labute approximate surface area is 168 Å². The normalized spacial score (nSPS) is 11.5. The highest BCUT2D eigenvalue weighted by Gasteiger charge is 2.17. The number of thiophene rings is 1. The number of nitrogens with two attached hydrogens (primary N) is 1. The Kier molecular flexibility index (Phi) is 5.05. The molecule has 0 saturated carbocycles. The molecule has 0 bridgehead atoms. The first kappa shape index (κ1) is 18.5. The largest absolute Gasteiger partial charge is 0.397 e. The van der Waals surface area contributed by atoms with Gasteiger partial charge in [-0.05, 0) is 42.5 Å². The lowest BCUT2D eigenvalue weighted by molar-refractivity contribution is 0.0959. The number of hydrogen-bond donors (Lipinski definition) is 3. The van der Waals surface area contributed by atoms with E-state index in [1.807, 2.05) is 30.5 Å². The summed E-state index contributed by atoms with van der Waals surface area (Å²) in [6, 6.07) is 12.2. The van der Waals surface area contributed by atoms with Crippen molar-refractivity contribution in [2.75, 3.05) is 12.3 Å². The maximum Gasteiger partial charge on any atom is 0.263 e. The van der Waals surface area contributed by atoms with Gasteiger partial charge in [0.2, 0.25) is 0 Å². The van der Waals surface area contributed by atoms with Gasteiger partial charge in [0.1, 0.15) is 9.71 Å². The molecule has 3 heterocycles. The van der Waals surface area contributed by atoms with E-state index < -0.39 is 0 Å². The maximum absolute atomic E-state index is 12.7. The van der Waals surface area contributed by atoms with E-state index in [1.165, 1.54) is 22.3 Å². The average Bonchev–Trinajstić information content (AvgIpc) is 3.22. The molecule has 5 nitrogen and oxygen atoms in total. The van der Waals surface area contributed by atoms with Gasteiger partial charge in [-0.1, -0.05) is 32.0 Å². The van der Waals surface area contributed by atoms with Gasteiger partial charge in [0.25, 0.3) is 5.91 Å². The first-order valence-electron chi connectivity index (χ1n) is 9.54. The number of H-pyrrole nitrogens is 1. The second kappa shape index (κ2) is 7.64. The van der Waals surface area contributed by atoms with Crippen LogP contribution in [0.4, 0.5) is 5.69 Å². The number of hydrogen-bond acceptors (Lipinski definition) is 4. The number of pyridine rings is 1. The van der Waals surface area contributed by atoms with Crippen molar-refractivity contribution < 1.29 is 4.79 Å². The third-order valence-electron chi connectivity index (χ3n) is 4.83. The number of aromatic nitrogens is 2. The molecule has 0 saturated heterocycles. The van der Waals surface area contributed by atoms with Gasteiger partial charge in [0.15, 0.2) is 0 Å². The zero-order valence-electron chi connectivity index (χ0n) is 16.1. The van der Waals surface area contributed by atoms with E-state index >= 15 is 0 Å². The summed E-state index contributed by atoms with van der Waals surface area (Å²) in [7, 11) is 0. The molecule has 144 valence electrons. The summed E-state index contributed by atoms with van der Waals surface area (Å²) >= 11 is 1.37. The van der Waals surface area contributed by atoms with Crippen LogP contribution >= 0.6 is 11.3 Å². The minimum Gasteiger partial charge on any atom is -0.397 e. The van der Waals surface area contributed by atoms with E-state index in [2.05, 4.69) is 41.3 Å². The molecule has 0 atom stereocenters. The molecule has 0 aliphatic rings. The van der Waals surface area contributed by atoms with E-state index in [9.17, 15) is 4.79 Å². The standard InChI is InChI=1S/C22H24N4OS/c1-13(2)11-15-7-8-17-19(23)20(28-22(17)26-15)21(27)24-10-9-14-12-25-18-6-4-3-5-16(14)18/h3-8,12-13,25H,9-11,23H2,1-2H3,(H,24,27). The third kappa shape index (κ3) is 3.60. The Morgan fingerprint density at radius 3 is 2.86 bits per heavy atom. The number of aromatic amines is 1. The fourth-order valence-corrected chi connectivity index (χ4v) is 4.49. The van der Waals surface area contributed by atoms with E-state index in [4.69, 9.17) is 5.73 Å². The summed E-state index contributed by atoms with van der Waals surface area (Å²) in [4.78, 5) is 22.0. The molecule has 4 rings (SSSR count). The molecule has 0 unspecified atom stereocenters. The number of rotatable bonds is 6. The van der Waals surface area contributed by atoms with Crippen LogP contribution < -0.4 is 11.1 Å². The summed E-state index contributed by atoms with van der Waals surface area (Å²) in [5.41, 5.74) is 10.1. The lowest BCUT2D eigenvalue weighted by Crippen LogP contribution is -2.25. The van der Waals surface area contributed by atoms with Gasteiger partial charge in [0, 0.05) is 34.7 Å². The molecule has 6 heteroatoms. The topological polar surface area (TPSA) is 83.8 Å². The smallest absolute Gasteiger partial charge is 0.263 e. The Bertz CT molecular complexity index is 1140. The fraction of sp³-hybridized carbons (Fsp3) is 0.273. The monoisotopic (exact) mass is 392 g/mol. The molecule has 1 aromatic carbocycles. The predicted octanol–water partition coefficient (Wildman–Crippen LogP) is 4.53. The van der Waals surface area contributed by atoms with Crippen molar-refractivity contribution in [3.63, 3.8) is 0 Å². The Balaban J connectivity index is 1.46. The Hall–Kier alpha value is -2.86. The van der Waals surface area contributed by atoms with Gasteiger partial charge in [0.05, 0.1) is 5.69 Å². The van der Waals surface area contributed by atoms with Crippen LogP contribution in [0.1, 0.15) is 34.8 Å². The number of nitrogens with one attached hydrogen (secondary N) is 2. The number of fused-ring (bicyclic) bond motifs is 2. The van der Waals surface area contributed by atoms with Crippen LogP contribution in [0, 0.1) is 5.92 Å². The molecular weight excluding hydrogens is 368 g/mol. The minimum absolute atomic E-state index is 0.134.